The van der Waals surface area contributed by atoms with Crippen LogP contribution in [0.1, 0.15) is 30.1 Å². The van der Waals surface area contributed by atoms with E-state index >= 15 is 0 Å². The molecule has 3 rings (SSSR count). The lowest BCUT2D eigenvalue weighted by Gasteiger charge is -2.14. The maximum absolute atomic E-state index is 12.3. The standard InChI is InChI=1S/C19H18N2O5S/c1-2-27(25,26)16-9-5-14(6-10-16)20-19(24)13-3-7-15(8-4-13)21-17(22)11-12-18(21)23/h3-10H,2,11-12H2,1H3,(H,20,24). The van der Waals surface area contributed by atoms with E-state index in [0.29, 0.717) is 16.9 Å². The maximum atomic E-state index is 12.3. The molecule has 1 fully saturated rings. The lowest BCUT2D eigenvalue weighted by Crippen LogP contribution is -2.28. The minimum absolute atomic E-state index is 0.00702. The molecular formula is C19H18N2O5S. The number of anilines is 2. The molecule has 7 nitrogen and oxygen atoms in total. The number of benzene rings is 2. The van der Waals surface area contributed by atoms with E-state index in [2.05, 4.69) is 5.32 Å². The highest BCUT2D eigenvalue weighted by molar-refractivity contribution is 7.91. The molecule has 0 radical (unpaired) electrons. The monoisotopic (exact) mass is 386 g/mol. The van der Waals surface area contributed by atoms with Crippen LogP contribution in [0.15, 0.2) is 53.4 Å². The van der Waals surface area contributed by atoms with Crippen LogP contribution in [0.3, 0.4) is 0 Å². The Morgan fingerprint density at radius 3 is 2.04 bits per heavy atom. The number of carbonyl (C=O) groups is 3. The van der Waals surface area contributed by atoms with Crippen LogP contribution < -0.4 is 10.2 Å². The average Bonchev–Trinajstić information content (AvgIpc) is 3.00. The molecule has 1 heterocycles. The fourth-order valence-electron chi connectivity index (χ4n) is 2.74. The number of imide groups is 1. The third-order valence-corrected chi connectivity index (χ3v) is 6.04. The second-order valence-electron chi connectivity index (χ2n) is 6.05. The molecule has 1 aliphatic heterocycles. The third-order valence-electron chi connectivity index (χ3n) is 4.29. The van der Waals surface area contributed by atoms with Gasteiger partial charge in [-0.3, -0.25) is 19.3 Å². The quantitative estimate of drug-likeness (QED) is 0.795. The summed E-state index contributed by atoms with van der Waals surface area (Å²) >= 11 is 0. The molecule has 0 spiro atoms. The Morgan fingerprint density at radius 1 is 0.963 bits per heavy atom. The van der Waals surface area contributed by atoms with Gasteiger partial charge in [0.05, 0.1) is 16.3 Å². The zero-order chi connectivity index (χ0) is 19.6. The highest BCUT2D eigenvalue weighted by Crippen LogP contribution is 2.23. The summed E-state index contributed by atoms with van der Waals surface area (Å²) in [4.78, 5) is 37.2. The summed E-state index contributed by atoms with van der Waals surface area (Å²) in [5.41, 5.74) is 1.25. The Kier molecular flexibility index (Phi) is 5.09. The molecule has 1 aliphatic rings. The van der Waals surface area contributed by atoms with Crippen molar-refractivity contribution in [2.45, 2.75) is 24.7 Å². The zero-order valence-electron chi connectivity index (χ0n) is 14.6. The Balaban J connectivity index is 1.71. The molecule has 2 aromatic rings. The van der Waals surface area contributed by atoms with Crippen LogP contribution in [0.5, 0.6) is 0 Å². The molecule has 0 atom stereocenters. The van der Waals surface area contributed by atoms with Crippen molar-refractivity contribution in [3.05, 3.63) is 54.1 Å². The molecule has 1 N–H and O–H groups in total. The fourth-order valence-corrected chi connectivity index (χ4v) is 3.63. The van der Waals surface area contributed by atoms with Crippen LogP contribution in [-0.4, -0.2) is 31.9 Å². The first-order chi connectivity index (χ1) is 12.8. The summed E-state index contributed by atoms with van der Waals surface area (Å²) in [6.45, 7) is 1.57. The molecule has 0 saturated carbocycles. The first kappa shape index (κ1) is 18.8. The first-order valence-corrected chi connectivity index (χ1v) is 10.1. The van der Waals surface area contributed by atoms with Gasteiger partial charge in [-0.25, -0.2) is 8.42 Å². The molecule has 8 heteroatoms. The average molecular weight is 386 g/mol. The molecule has 2 aromatic carbocycles. The van der Waals surface area contributed by atoms with Crippen molar-refractivity contribution in [1.29, 1.82) is 0 Å². The van der Waals surface area contributed by atoms with E-state index in [1.165, 1.54) is 36.4 Å². The summed E-state index contributed by atoms with van der Waals surface area (Å²) in [5.74, 6) is -0.877. The minimum atomic E-state index is -3.29. The van der Waals surface area contributed by atoms with Crippen LogP contribution in [0.25, 0.3) is 0 Å². The molecule has 0 aromatic heterocycles. The van der Waals surface area contributed by atoms with E-state index < -0.39 is 9.84 Å². The largest absolute Gasteiger partial charge is 0.322 e. The normalized spacial score (nSPS) is 14.5. The predicted octanol–water partition coefficient (Wildman–Crippen LogP) is 2.39. The van der Waals surface area contributed by atoms with Gasteiger partial charge in [0.2, 0.25) is 11.8 Å². The Bertz CT molecular complexity index is 979. The lowest BCUT2D eigenvalue weighted by atomic mass is 10.1. The molecule has 0 bridgehead atoms. The number of amides is 3. The molecular weight excluding hydrogens is 368 g/mol. The highest BCUT2D eigenvalue weighted by atomic mass is 32.2. The fraction of sp³-hybridized carbons (Fsp3) is 0.211. The van der Waals surface area contributed by atoms with Crippen LogP contribution in [0.4, 0.5) is 11.4 Å². The van der Waals surface area contributed by atoms with Gasteiger partial charge in [-0.1, -0.05) is 6.92 Å². The maximum Gasteiger partial charge on any atom is 0.255 e. The van der Waals surface area contributed by atoms with Crippen molar-refractivity contribution in [2.24, 2.45) is 0 Å². The molecule has 27 heavy (non-hydrogen) atoms. The van der Waals surface area contributed by atoms with Crippen molar-refractivity contribution in [3.8, 4) is 0 Å². The van der Waals surface area contributed by atoms with Crippen LogP contribution in [0, 0.1) is 0 Å². The summed E-state index contributed by atoms with van der Waals surface area (Å²) in [6, 6.07) is 12.1. The van der Waals surface area contributed by atoms with Crippen molar-refractivity contribution < 1.29 is 22.8 Å². The summed E-state index contributed by atoms with van der Waals surface area (Å²) in [7, 11) is -3.29. The topological polar surface area (TPSA) is 101 Å². The number of hydrogen-bond acceptors (Lipinski definition) is 5. The van der Waals surface area contributed by atoms with Crippen LogP contribution >= 0.6 is 0 Å². The first-order valence-electron chi connectivity index (χ1n) is 8.42. The summed E-state index contributed by atoms with van der Waals surface area (Å²) in [5, 5.41) is 2.68. The smallest absolute Gasteiger partial charge is 0.255 e. The summed E-state index contributed by atoms with van der Waals surface area (Å²) in [6.07, 6.45) is 0.398. The van der Waals surface area contributed by atoms with Gasteiger partial charge < -0.3 is 5.32 Å². The molecule has 1 saturated heterocycles. The second kappa shape index (κ2) is 7.32. The number of sulfone groups is 1. The molecule has 3 amide bonds. The SMILES string of the molecule is CCS(=O)(=O)c1ccc(NC(=O)c2ccc(N3C(=O)CCC3=O)cc2)cc1. The van der Waals surface area contributed by atoms with E-state index in [1.807, 2.05) is 0 Å². The van der Waals surface area contributed by atoms with E-state index in [9.17, 15) is 22.8 Å². The van der Waals surface area contributed by atoms with Gasteiger partial charge in [-0.05, 0) is 48.5 Å². The van der Waals surface area contributed by atoms with Gasteiger partial charge in [0.25, 0.3) is 5.91 Å². The third kappa shape index (κ3) is 3.90. The zero-order valence-corrected chi connectivity index (χ0v) is 15.5. The van der Waals surface area contributed by atoms with Crippen LogP contribution in [0.2, 0.25) is 0 Å². The van der Waals surface area contributed by atoms with Crippen LogP contribution in [-0.2, 0) is 19.4 Å². The Labute approximate surface area is 156 Å². The van der Waals surface area contributed by atoms with Gasteiger partial charge in [0.1, 0.15) is 0 Å². The van der Waals surface area contributed by atoms with Gasteiger partial charge in [0, 0.05) is 24.1 Å². The number of carbonyl (C=O) groups excluding carboxylic acids is 3. The number of nitrogens with one attached hydrogen (secondary N) is 1. The van der Waals surface area contributed by atoms with Gasteiger partial charge in [-0.15, -0.1) is 0 Å². The molecule has 0 aliphatic carbocycles. The van der Waals surface area contributed by atoms with Crippen molar-refractivity contribution in [2.75, 3.05) is 16.0 Å². The summed E-state index contributed by atoms with van der Waals surface area (Å²) < 4.78 is 23.6. The lowest BCUT2D eigenvalue weighted by molar-refractivity contribution is -0.121. The predicted molar refractivity (Wildman–Crippen MR) is 100 cm³/mol. The minimum Gasteiger partial charge on any atom is -0.322 e. The van der Waals surface area contributed by atoms with E-state index in [4.69, 9.17) is 0 Å². The van der Waals surface area contributed by atoms with E-state index in [0.717, 1.165) is 4.90 Å². The van der Waals surface area contributed by atoms with Crippen molar-refractivity contribution >= 4 is 38.9 Å². The molecule has 140 valence electrons. The number of nitrogens with zero attached hydrogens (tertiary/aromatic N) is 1. The number of rotatable bonds is 5. The van der Waals surface area contributed by atoms with Gasteiger partial charge in [-0.2, -0.15) is 0 Å². The molecule has 0 unspecified atom stereocenters. The van der Waals surface area contributed by atoms with E-state index in [-0.39, 0.29) is 41.2 Å². The Hall–Kier alpha value is -3.00. The van der Waals surface area contributed by atoms with E-state index in [1.54, 1.807) is 19.1 Å². The van der Waals surface area contributed by atoms with Crippen molar-refractivity contribution in [3.63, 3.8) is 0 Å². The Morgan fingerprint density at radius 2 is 1.52 bits per heavy atom. The van der Waals surface area contributed by atoms with Gasteiger partial charge in [0.15, 0.2) is 9.84 Å². The number of hydrogen-bond donors (Lipinski definition) is 1. The van der Waals surface area contributed by atoms with Crippen molar-refractivity contribution in [1.82, 2.24) is 0 Å². The second-order valence-corrected chi connectivity index (χ2v) is 8.33. The highest BCUT2D eigenvalue weighted by Gasteiger charge is 2.30. The van der Waals surface area contributed by atoms with Gasteiger partial charge >= 0.3 is 0 Å².